The molecule has 3 heterocycles. The predicted molar refractivity (Wildman–Crippen MR) is 84.0 cm³/mol. The van der Waals surface area contributed by atoms with E-state index in [2.05, 4.69) is 20.5 Å². The summed E-state index contributed by atoms with van der Waals surface area (Å²) in [6.45, 7) is 1.80. The molecule has 4 rings (SSSR count). The first-order valence-electron chi connectivity index (χ1n) is 6.77. The summed E-state index contributed by atoms with van der Waals surface area (Å²) in [5.41, 5.74) is 0.708. The summed E-state index contributed by atoms with van der Waals surface area (Å²) in [7, 11) is 0. The van der Waals surface area contributed by atoms with Gasteiger partial charge < -0.3 is 0 Å². The highest BCUT2D eigenvalue weighted by Gasteiger charge is 2.22. The van der Waals surface area contributed by atoms with Crippen molar-refractivity contribution < 1.29 is 4.79 Å². The molecule has 1 N–H and O–H groups in total. The Morgan fingerprint density at radius 1 is 1.32 bits per heavy atom. The third-order valence-corrected chi connectivity index (χ3v) is 5.45. The number of rotatable bonds is 2. The van der Waals surface area contributed by atoms with E-state index in [0.29, 0.717) is 10.1 Å². The van der Waals surface area contributed by atoms with Crippen LogP contribution in [0, 0.1) is 6.92 Å². The minimum atomic E-state index is -0.499. The number of nitrogens with zero attached hydrogens (tertiary/aromatic N) is 4. The van der Waals surface area contributed by atoms with Crippen LogP contribution in [0.3, 0.4) is 0 Å². The van der Waals surface area contributed by atoms with Gasteiger partial charge in [0.05, 0.1) is 0 Å². The maximum Gasteiger partial charge on any atom is 0.271 e. The Morgan fingerprint density at radius 2 is 2.18 bits per heavy atom. The first kappa shape index (κ1) is 13.5. The van der Waals surface area contributed by atoms with Gasteiger partial charge in [0.25, 0.3) is 11.5 Å². The van der Waals surface area contributed by atoms with Gasteiger partial charge in [0.15, 0.2) is 4.96 Å². The molecule has 1 amide bonds. The van der Waals surface area contributed by atoms with Gasteiger partial charge in [-0.15, -0.1) is 21.5 Å². The van der Waals surface area contributed by atoms with Crippen molar-refractivity contribution in [3.63, 3.8) is 0 Å². The van der Waals surface area contributed by atoms with Crippen LogP contribution in [0.4, 0.5) is 5.13 Å². The molecule has 1 aliphatic rings. The van der Waals surface area contributed by atoms with E-state index in [-0.39, 0.29) is 11.1 Å². The van der Waals surface area contributed by atoms with Crippen molar-refractivity contribution in [3.8, 4) is 0 Å². The van der Waals surface area contributed by atoms with Gasteiger partial charge >= 0.3 is 0 Å². The van der Waals surface area contributed by atoms with E-state index in [9.17, 15) is 9.59 Å². The molecule has 3 aromatic rings. The number of aromatic nitrogens is 4. The van der Waals surface area contributed by atoms with E-state index < -0.39 is 5.91 Å². The average Bonchev–Trinajstić information content (AvgIpc) is 3.14. The SMILES string of the molecule is Cc1nnc(NC(=O)c2cnc3sc4c(n3c2=O)CCC4)s1. The Morgan fingerprint density at radius 3 is 2.95 bits per heavy atom. The Balaban J connectivity index is 1.77. The molecule has 7 nitrogen and oxygen atoms in total. The van der Waals surface area contributed by atoms with Gasteiger partial charge in [-0.25, -0.2) is 4.98 Å². The normalized spacial score (nSPS) is 13.5. The number of hydrogen-bond acceptors (Lipinski definition) is 7. The molecule has 0 aliphatic heterocycles. The standard InChI is InChI=1S/C13H11N5O2S2/c1-6-16-17-12(21-6)15-10(19)7-5-14-13-18(11(7)20)8-3-2-4-9(8)22-13/h5H,2-4H2,1H3,(H,15,17,19). The molecular formula is C13H11N5O2S2. The van der Waals surface area contributed by atoms with Crippen LogP contribution in [-0.2, 0) is 12.8 Å². The van der Waals surface area contributed by atoms with Crippen molar-refractivity contribution in [2.24, 2.45) is 0 Å². The van der Waals surface area contributed by atoms with Crippen LogP contribution < -0.4 is 10.9 Å². The molecule has 0 saturated carbocycles. The van der Waals surface area contributed by atoms with Crippen LogP contribution in [0.2, 0.25) is 0 Å². The largest absolute Gasteiger partial charge is 0.296 e. The molecule has 22 heavy (non-hydrogen) atoms. The van der Waals surface area contributed by atoms with Gasteiger partial charge in [-0.2, -0.15) is 0 Å². The van der Waals surface area contributed by atoms with Crippen LogP contribution in [0.5, 0.6) is 0 Å². The van der Waals surface area contributed by atoms with Gasteiger partial charge in [-0.3, -0.25) is 19.3 Å². The highest BCUT2D eigenvalue weighted by molar-refractivity contribution is 7.17. The molecule has 0 atom stereocenters. The van der Waals surface area contributed by atoms with E-state index in [1.165, 1.54) is 33.7 Å². The van der Waals surface area contributed by atoms with Crippen LogP contribution in [0.15, 0.2) is 11.0 Å². The molecule has 0 bridgehead atoms. The number of hydrogen-bond donors (Lipinski definition) is 1. The fourth-order valence-electron chi connectivity index (χ4n) is 2.57. The predicted octanol–water partition coefficient (Wildman–Crippen LogP) is 1.66. The van der Waals surface area contributed by atoms with Crippen LogP contribution >= 0.6 is 22.7 Å². The summed E-state index contributed by atoms with van der Waals surface area (Å²) in [5, 5.41) is 11.4. The van der Waals surface area contributed by atoms with Crippen LogP contribution in [0.1, 0.15) is 32.4 Å². The molecule has 0 spiro atoms. The molecule has 0 unspecified atom stereocenters. The zero-order valence-electron chi connectivity index (χ0n) is 11.6. The summed E-state index contributed by atoms with van der Waals surface area (Å²) in [6.07, 6.45) is 4.22. The molecule has 3 aromatic heterocycles. The van der Waals surface area contributed by atoms with Gasteiger partial charge in [0.1, 0.15) is 10.6 Å². The fourth-order valence-corrected chi connectivity index (χ4v) is 4.33. The second-order valence-corrected chi connectivity index (χ2v) is 7.24. The number of carbonyl (C=O) groups excluding carboxylic acids is 1. The van der Waals surface area contributed by atoms with Crippen molar-refractivity contribution in [3.05, 3.63) is 37.7 Å². The van der Waals surface area contributed by atoms with E-state index >= 15 is 0 Å². The lowest BCUT2D eigenvalue weighted by molar-refractivity contribution is 0.102. The number of carbonyl (C=O) groups is 1. The Bertz CT molecular complexity index is 955. The summed E-state index contributed by atoms with van der Waals surface area (Å²) < 4.78 is 1.58. The van der Waals surface area contributed by atoms with Gasteiger partial charge in [0, 0.05) is 16.8 Å². The third kappa shape index (κ3) is 2.04. The number of anilines is 1. The van der Waals surface area contributed by atoms with E-state index in [1.807, 2.05) is 0 Å². The van der Waals surface area contributed by atoms with Crippen molar-refractivity contribution in [1.29, 1.82) is 0 Å². The van der Waals surface area contributed by atoms with Gasteiger partial charge in [-0.05, 0) is 26.2 Å². The second-order valence-electron chi connectivity index (χ2n) is 5.00. The number of amides is 1. The van der Waals surface area contributed by atoms with Crippen LogP contribution in [0.25, 0.3) is 4.96 Å². The molecule has 112 valence electrons. The first-order chi connectivity index (χ1) is 10.6. The maximum atomic E-state index is 12.6. The monoisotopic (exact) mass is 333 g/mol. The number of thiazole rings is 1. The summed E-state index contributed by atoms with van der Waals surface area (Å²) in [4.78, 5) is 31.0. The topological polar surface area (TPSA) is 89.2 Å². The lowest BCUT2D eigenvalue weighted by atomic mass is 10.3. The Hall–Kier alpha value is -2.13. The first-order valence-corrected chi connectivity index (χ1v) is 8.40. The minimum absolute atomic E-state index is 0.0258. The number of nitrogens with one attached hydrogen (secondary N) is 1. The molecule has 0 radical (unpaired) electrons. The quantitative estimate of drug-likeness (QED) is 0.770. The average molecular weight is 333 g/mol. The van der Waals surface area contributed by atoms with Gasteiger partial charge in [0.2, 0.25) is 5.13 Å². The molecule has 0 aromatic carbocycles. The number of aryl methyl sites for hydroxylation is 3. The summed E-state index contributed by atoms with van der Waals surface area (Å²) >= 11 is 2.79. The fraction of sp³-hybridized carbons (Fsp3) is 0.308. The molecule has 1 aliphatic carbocycles. The third-order valence-electron chi connectivity index (χ3n) is 3.54. The van der Waals surface area contributed by atoms with E-state index in [4.69, 9.17) is 0 Å². The zero-order valence-corrected chi connectivity index (χ0v) is 13.3. The molecule has 0 saturated heterocycles. The highest BCUT2D eigenvalue weighted by atomic mass is 32.1. The van der Waals surface area contributed by atoms with E-state index in [0.717, 1.165) is 30.0 Å². The lowest BCUT2D eigenvalue weighted by Crippen LogP contribution is -2.27. The van der Waals surface area contributed by atoms with Crippen molar-refractivity contribution in [1.82, 2.24) is 19.6 Å². The van der Waals surface area contributed by atoms with Crippen molar-refractivity contribution in [2.45, 2.75) is 26.2 Å². The zero-order chi connectivity index (χ0) is 15.3. The highest BCUT2D eigenvalue weighted by Crippen LogP contribution is 2.29. The Labute approximate surface area is 132 Å². The number of fused-ring (bicyclic) bond motifs is 3. The van der Waals surface area contributed by atoms with Crippen molar-refractivity contribution in [2.75, 3.05) is 5.32 Å². The molecular weight excluding hydrogens is 322 g/mol. The molecule has 0 fully saturated rings. The van der Waals surface area contributed by atoms with Gasteiger partial charge in [-0.1, -0.05) is 11.3 Å². The lowest BCUT2D eigenvalue weighted by Gasteiger charge is -2.02. The summed E-state index contributed by atoms with van der Waals surface area (Å²) in [6, 6.07) is 0. The minimum Gasteiger partial charge on any atom is -0.296 e. The molecule has 9 heteroatoms. The summed E-state index contributed by atoms with van der Waals surface area (Å²) in [5.74, 6) is -0.499. The Kier molecular flexibility index (Phi) is 3.05. The maximum absolute atomic E-state index is 12.6. The smallest absolute Gasteiger partial charge is 0.271 e. The van der Waals surface area contributed by atoms with E-state index in [1.54, 1.807) is 11.3 Å². The second kappa shape index (κ2) is 4.96. The van der Waals surface area contributed by atoms with Crippen LogP contribution in [-0.4, -0.2) is 25.5 Å². The van der Waals surface area contributed by atoms with Crippen molar-refractivity contribution >= 4 is 38.7 Å².